The maximum absolute atomic E-state index is 8.98. The van der Waals surface area contributed by atoms with Gasteiger partial charge in [-0.3, -0.25) is 4.79 Å². The molecule has 1 rings (SSSR count). The Morgan fingerprint density at radius 1 is 0.846 bits per heavy atom. The Morgan fingerprint density at radius 2 is 1.00 bits per heavy atom. The molecule has 13 heavy (non-hydrogen) atoms. The molecule has 1 radical (unpaired) electrons. The van der Waals surface area contributed by atoms with Crippen LogP contribution in [0, 0.1) is 0 Å². The van der Waals surface area contributed by atoms with Crippen molar-refractivity contribution in [3.05, 3.63) is 24.3 Å². The van der Waals surface area contributed by atoms with E-state index in [1.165, 1.54) is 25.7 Å². The number of carbonyl (C=O) groups excluding carboxylic acids is 1. The van der Waals surface area contributed by atoms with E-state index in [1.54, 1.807) is 0 Å². The topological polar surface area (TPSA) is 17.1 Å². The second-order valence-corrected chi connectivity index (χ2v) is 3.20. The zero-order valence-electron chi connectivity index (χ0n) is 7.14. The quantitative estimate of drug-likeness (QED) is 0.473. The van der Waals surface area contributed by atoms with E-state index >= 15 is 0 Å². The van der Waals surface area contributed by atoms with Gasteiger partial charge < -0.3 is 0 Å². The average molecular weight is 266 g/mol. The fraction of sp³-hybridized carbons (Fsp3) is 0.444. The first-order valence-corrected chi connectivity index (χ1v) is 4.64. The minimum Gasteiger partial charge on any atom is -0.262 e. The molecule has 0 aromatic carbocycles. The summed E-state index contributed by atoms with van der Waals surface area (Å²) >= 11 is 8.80. The number of carbonyl (C=O) groups is 1. The fourth-order valence-corrected chi connectivity index (χ4v) is 0.856. The van der Waals surface area contributed by atoms with Crippen molar-refractivity contribution in [1.29, 1.82) is 0 Å². The molecular weight excluding hydrogens is 254 g/mol. The van der Waals surface area contributed by atoms with Crippen LogP contribution in [-0.2, 0) is 16.8 Å². The van der Waals surface area contributed by atoms with Gasteiger partial charge in [-0.2, -0.15) is 0 Å². The molecule has 1 aliphatic rings. The first kappa shape index (κ1) is 15.7. The van der Waals surface area contributed by atoms with Gasteiger partial charge in [0, 0.05) is 16.8 Å². The van der Waals surface area contributed by atoms with Crippen molar-refractivity contribution in [1.82, 2.24) is 0 Å². The summed E-state index contributed by atoms with van der Waals surface area (Å²) in [5, 5.41) is 0. The first-order chi connectivity index (χ1) is 5.73. The molecule has 77 valence electrons. The molecule has 1 aliphatic carbocycles. The molecule has 0 atom stereocenters. The molecule has 0 aromatic heterocycles. The number of halogens is 2. The summed E-state index contributed by atoms with van der Waals surface area (Å²) in [6, 6.07) is 0. The van der Waals surface area contributed by atoms with Gasteiger partial charge in [0.15, 0.2) is 0 Å². The fourth-order valence-electron chi connectivity index (χ4n) is 0.856. The van der Waals surface area contributed by atoms with Crippen LogP contribution in [0.3, 0.4) is 0 Å². The van der Waals surface area contributed by atoms with Gasteiger partial charge in [0.1, 0.15) is 0 Å². The molecule has 0 bridgehead atoms. The van der Waals surface area contributed by atoms with Crippen molar-refractivity contribution in [2.45, 2.75) is 25.7 Å². The SMILES string of the molecule is C1=C\CC/C=C\CC/1.O=C(Cl)Cl.[Co]. The third-order valence-electron chi connectivity index (χ3n) is 1.33. The third-order valence-corrected chi connectivity index (χ3v) is 1.33. The smallest absolute Gasteiger partial charge is 0.262 e. The molecule has 0 heterocycles. The Labute approximate surface area is 99.4 Å². The number of rotatable bonds is 0. The molecule has 4 heteroatoms. The predicted molar refractivity (Wildman–Crippen MR) is 53.9 cm³/mol. The Kier molecular flexibility index (Phi) is 14.8. The minimum atomic E-state index is -0.889. The van der Waals surface area contributed by atoms with Crippen LogP contribution >= 0.6 is 23.2 Å². The van der Waals surface area contributed by atoms with Crippen LogP contribution < -0.4 is 0 Å². The van der Waals surface area contributed by atoms with E-state index in [4.69, 9.17) is 4.79 Å². The minimum absolute atomic E-state index is 0. The number of hydrogen-bond acceptors (Lipinski definition) is 1. The van der Waals surface area contributed by atoms with E-state index in [0.717, 1.165) is 0 Å². The van der Waals surface area contributed by atoms with Crippen LogP contribution in [0.2, 0.25) is 0 Å². The molecule has 0 N–H and O–H groups in total. The zero-order valence-corrected chi connectivity index (χ0v) is 9.69. The van der Waals surface area contributed by atoms with Crippen LogP contribution in [0.4, 0.5) is 4.79 Å². The van der Waals surface area contributed by atoms with E-state index in [-0.39, 0.29) is 16.8 Å². The van der Waals surface area contributed by atoms with Gasteiger partial charge in [0.05, 0.1) is 0 Å². The van der Waals surface area contributed by atoms with Gasteiger partial charge in [-0.05, 0) is 48.9 Å². The summed E-state index contributed by atoms with van der Waals surface area (Å²) in [7, 11) is 0. The second kappa shape index (κ2) is 12.2. The molecule has 0 unspecified atom stereocenters. The Hall–Kier alpha value is 0.236. The van der Waals surface area contributed by atoms with Crippen LogP contribution in [0.15, 0.2) is 24.3 Å². The maximum Gasteiger partial charge on any atom is 0.313 e. The molecular formula is C9H12Cl2CoO. The predicted octanol–water partition coefficient (Wildman–Crippen LogP) is 4.25. The van der Waals surface area contributed by atoms with Crippen molar-refractivity contribution in [2.24, 2.45) is 0 Å². The first-order valence-electron chi connectivity index (χ1n) is 3.88. The molecule has 0 aliphatic heterocycles. The van der Waals surface area contributed by atoms with Crippen molar-refractivity contribution in [3.63, 3.8) is 0 Å². The van der Waals surface area contributed by atoms with Gasteiger partial charge in [0.2, 0.25) is 0 Å². The van der Waals surface area contributed by atoms with Crippen LogP contribution in [0.1, 0.15) is 25.7 Å². The van der Waals surface area contributed by atoms with Gasteiger partial charge in [-0.1, -0.05) is 24.3 Å². The molecule has 0 saturated heterocycles. The molecule has 0 aromatic rings. The van der Waals surface area contributed by atoms with Gasteiger partial charge >= 0.3 is 4.70 Å². The normalized spacial score (nSPS) is 19.2. The van der Waals surface area contributed by atoms with Gasteiger partial charge in [-0.15, -0.1) is 0 Å². The summed E-state index contributed by atoms with van der Waals surface area (Å²) in [4.78, 5) is 8.98. The van der Waals surface area contributed by atoms with E-state index in [9.17, 15) is 0 Å². The largest absolute Gasteiger partial charge is 0.313 e. The summed E-state index contributed by atoms with van der Waals surface area (Å²) in [6.45, 7) is 0. The van der Waals surface area contributed by atoms with E-state index in [2.05, 4.69) is 47.5 Å². The summed E-state index contributed by atoms with van der Waals surface area (Å²) in [5.74, 6) is 0. The Balaban J connectivity index is 0. The standard InChI is InChI=1S/C8H12.CCl2O.Co/c1-2-4-6-8-7-5-3-1;2-1(3)4;/h1-2,7-8H,3-6H2;;/b2-1-,8-7-;;. The molecule has 0 spiro atoms. The Morgan fingerprint density at radius 3 is 1.15 bits per heavy atom. The van der Waals surface area contributed by atoms with Crippen LogP contribution in [0.5, 0.6) is 0 Å². The number of allylic oxidation sites excluding steroid dienone is 4. The zero-order chi connectivity index (χ0) is 9.23. The van der Waals surface area contributed by atoms with Gasteiger partial charge in [0.25, 0.3) is 0 Å². The van der Waals surface area contributed by atoms with E-state index in [0.29, 0.717) is 0 Å². The summed E-state index contributed by atoms with van der Waals surface area (Å²) in [5.41, 5.74) is 0. The van der Waals surface area contributed by atoms with Crippen LogP contribution in [-0.4, -0.2) is 4.70 Å². The van der Waals surface area contributed by atoms with Crippen LogP contribution in [0.25, 0.3) is 0 Å². The van der Waals surface area contributed by atoms with E-state index in [1.807, 2.05) is 0 Å². The monoisotopic (exact) mass is 265 g/mol. The summed E-state index contributed by atoms with van der Waals surface area (Å²) in [6.07, 6.45) is 14.0. The van der Waals surface area contributed by atoms with Crippen molar-refractivity contribution in [3.8, 4) is 0 Å². The maximum atomic E-state index is 8.98. The molecule has 0 saturated carbocycles. The van der Waals surface area contributed by atoms with Gasteiger partial charge in [-0.25, -0.2) is 0 Å². The van der Waals surface area contributed by atoms with Crippen molar-refractivity contribution < 1.29 is 21.6 Å². The summed E-state index contributed by atoms with van der Waals surface area (Å²) < 4.78 is -0.889. The van der Waals surface area contributed by atoms with E-state index < -0.39 is 4.70 Å². The Bertz CT molecular complexity index is 148. The second-order valence-electron chi connectivity index (χ2n) is 2.32. The number of hydrogen-bond donors (Lipinski definition) is 0. The average Bonchev–Trinajstić information content (AvgIpc) is 1.82. The van der Waals surface area contributed by atoms with Crippen molar-refractivity contribution in [2.75, 3.05) is 0 Å². The third kappa shape index (κ3) is 18.9. The molecule has 1 nitrogen and oxygen atoms in total. The van der Waals surface area contributed by atoms with Crippen molar-refractivity contribution >= 4 is 27.9 Å². The molecule has 0 fully saturated rings. The molecule has 0 amide bonds.